The third kappa shape index (κ3) is 3.12. The number of para-hydroxylation sites is 1. The summed E-state index contributed by atoms with van der Waals surface area (Å²) in [6.45, 7) is 0. The molecular formula is C24H23ClN2O3. The van der Waals surface area contributed by atoms with Crippen molar-refractivity contribution in [3.63, 3.8) is 0 Å². The van der Waals surface area contributed by atoms with Crippen molar-refractivity contribution >= 4 is 35.0 Å². The first-order valence-electron chi connectivity index (χ1n) is 10.5. The number of carbonyl (C=O) groups is 3. The minimum Gasteiger partial charge on any atom is -0.323 e. The van der Waals surface area contributed by atoms with Crippen LogP contribution in [0, 0.1) is 23.7 Å². The Kier molecular flexibility index (Phi) is 4.86. The molecule has 2 aliphatic carbocycles. The molecule has 5 nitrogen and oxygen atoms in total. The second kappa shape index (κ2) is 7.55. The van der Waals surface area contributed by atoms with Crippen molar-refractivity contribution in [3.8, 4) is 0 Å². The Morgan fingerprint density at radius 3 is 2.20 bits per heavy atom. The highest BCUT2D eigenvalue weighted by atomic mass is 35.5. The number of imide groups is 1. The molecule has 3 aliphatic rings. The van der Waals surface area contributed by atoms with E-state index in [1.807, 2.05) is 30.3 Å². The van der Waals surface area contributed by atoms with Gasteiger partial charge in [0.15, 0.2) is 0 Å². The van der Waals surface area contributed by atoms with Crippen LogP contribution in [0.4, 0.5) is 5.69 Å². The highest BCUT2D eigenvalue weighted by molar-refractivity contribution is 6.33. The van der Waals surface area contributed by atoms with E-state index in [2.05, 4.69) is 5.32 Å². The van der Waals surface area contributed by atoms with Gasteiger partial charge < -0.3 is 5.32 Å². The summed E-state index contributed by atoms with van der Waals surface area (Å²) in [6, 6.07) is 15.6. The monoisotopic (exact) mass is 422 g/mol. The van der Waals surface area contributed by atoms with E-state index < -0.39 is 6.04 Å². The van der Waals surface area contributed by atoms with Crippen LogP contribution >= 0.6 is 11.6 Å². The van der Waals surface area contributed by atoms with Gasteiger partial charge in [0.2, 0.25) is 17.7 Å². The van der Waals surface area contributed by atoms with Gasteiger partial charge in [0.05, 0.1) is 22.5 Å². The van der Waals surface area contributed by atoms with Crippen molar-refractivity contribution in [2.75, 3.05) is 5.32 Å². The van der Waals surface area contributed by atoms with Crippen LogP contribution in [0.2, 0.25) is 5.02 Å². The molecule has 30 heavy (non-hydrogen) atoms. The molecule has 3 amide bonds. The molecule has 154 valence electrons. The number of carbonyl (C=O) groups excluding carboxylic acids is 3. The zero-order valence-corrected chi connectivity index (χ0v) is 17.2. The molecule has 1 N–H and O–H groups in total. The molecule has 2 saturated carbocycles. The van der Waals surface area contributed by atoms with E-state index in [-0.39, 0.29) is 47.8 Å². The van der Waals surface area contributed by atoms with Gasteiger partial charge in [-0.2, -0.15) is 0 Å². The summed E-state index contributed by atoms with van der Waals surface area (Å²) >= 11 is 6.21. The van der Waals surface area contributed by atoms with Crippen LogP contribution in [-0.2, 0) is 20.8 Å². The summed E-state index contributed by atoms with van der Waals surface area (Å²) < 4.78 is 0. The number of anilines is 1. The lowest BCUT2D eigenvalue weighted by Gasteiger charge is -2.27. The van der Waals surface area contributed by atoms with Gasteiger partial charge in [-0.15, -0.1) is 0 Å². The Balaban J connectivity index is 1.47. The summed E-state index contributed by atoms with van der Waals surface area (Å²) in [5, 5.41) is 3.25. The molecule has 2 bridgehead atoms. The first kappa shape index (κ1) is 19.3. The maximum absolute atomic E-state index is 13.3. The Morgan fingerprint density at radius 2 is 1.57 bits per heavy atom. The van der Waals surface area contributed by atoms with E-state index in [1.54, 1.807) is 24.3 Å². The topological polar surface area (TPSA) is 66.5 Å². The van der Waals surface area contributed by atoms with Gasteiger partial charge in [-0.1, -0.05) is 54.1 Å². The second-order valence-electron chi connectivity index (χ2n) is 8.61. The van der Waals surface area contributed by atoms with Crippen LogP contribution in [0.1, 0.15) is 24.8 Å². The van der Waals surface area contributed by atoms with E-state index in [0.717, 1.165) is 24.8 Å². The molecule has 1 aliphatic heterocycles. The fourth-order valence-corrected chi connectivity index (χ4v) is 5.84. The van der Waals surface area contributed by atoms with E-state index in [9.17, 15) is 14.4 Å². The molecular weight excluding hydrogens is 400 g/mol. The van der Waals surface area contributed by atoms with Crippen molar-refractivity contribution < 1.29 is 14.4 Å². The van der Waals surface area contributed by atoms with Crippen molar-refractivity contribution in [2.45, 2.75) is 31.7 Å². The smallest absolute Gasteiger partial charge is 0.248 e. The Bertz CT molecular complexity index is 981. The second-order valence-corrected chi connectivity index (χ2v) is 9.01. The predicted octanol–water partition coefficient (Wildman–Crippen LogP) is 3.92. The standard InChI is InChI=1S/C24H23ClN2O3/c25-17-8-4-5-9-18(17)26-22(28)19(12-14-6-2-1-3-7-14)27-23(29)20-15-10-11-16(13-15)21(20)24(27)30/h1-9,15-16,19-21H,10-13H2,(H,26,28)/t15-,16-,19+,20+,21+/m1/s1. The number of nitrogens with zero attached hydrogens (tertiary/aromatic N) is 1. The maximum Gasteiger partial charge on any atom is 0.248 e. The highest BCUT2D eigenvalue weighted by Gasteiger charge is 2.62. The molecule has 0 spiro atoms. The van der Waals surface area contributed by atoms with Crippen LogP contribution in [0.3, 0.4) is 0 Å². The van der Waals surface area contributed by atoms with Crippen molar-refractivity contribution in [2.24, 2.45) is 23.7 Å². The van der Waals surface area contributed by atoms with Crippen LogP contribution in [-0.4, -0.2) is 28.7 Å². The molecule has 5 rings (SSSR count). The van der Waals surface area contributed by atoms with E-state index >= 15 is 0 Å². The first-order chi connectivity index (χ1) is 14.5. The molecule has 3 fully saturated rings. The number of fused-ring (bicyclic) bond motifs is 5. The molecule has 0 aromatic heterocycles. The average molecular weight is 423 g/mol. The molecule has 1 heterocycles. The maximum atomic E-state index is 13.3. The van der Waals surface area contributed by atoms with Crippen LogP contribution in [0.15, 0.2) is 54.6 Å². The van der Waals surface area contributed by atoms with Crippen molar-refractivity contribution in [1.29, 1.82) is 0 Å². The number of likely N-dealkylation sites (tertiary alicyclic amines) is 1. The molecule has 2 aromatic carbocycles. The summed E-state index contributed by atoms with van der Waals surface area (Å²) in [6.07, 6.45) is 3.26. The van der Waals surface area contributed by atoms with E-state index in [0.29, 0.717) is 10.7 Å². The van der Waals surface area contributed by atoms with Gasteiger partial charge in [0.1, 0.15) is 6.04 Å². The molecule has 0 radical (unpaired) electrons. The quantitative estimate of drug-likeness (QED) is 0.742. The minimum atomic E-state index is -0.895. The van der Waals surface area contributed by atoms with Gasteiger partial charge in [0, 0.05) is 6.42 Å². The zero-order valence-electron chi connectivity index (χ0n) is 16.5. The number of nitrogens with one attached hydrogen (secondary N) is 1. The Labute approximate surface area is 180 Å². The van der Waals surface area contributed by atoms with Crippen LogP contribution in [0.25, 0.3) is 0 Å². The highest BCUT2D eigenvalue weighted by Crippen LogP contribution is 2.56. The first-order valence-corrected chi connectivity index (χ1v) is 10.9. The molecule has 0 unspecified atom stereocenters. The zero-order chi connectivity index (χ0) is 20.8. The molecule has 1 saturated heterocycles. The Hall–Kier alpha value is -2.66. The fraction of sp³-hybridized carbons (Fsp3) is 0.375. The number of hydrogen-bond donors (Lipinski definition) is 1. The lowest BCUT2D eigenvalue weighted by atomic mass is 9.81. The van der Waals surface area contributed by atoms with Crippen LogP contribution < -0.4 is 5.32 Å². The third-order valence-electron chi connectivity index (χ3n) is 6.98. The van der Waals surface area contributed by atoms with Gasteiger partial charge >= 0.3 is 0 Å². The average Bonchev–Trinajstić information content (AvgIpc) is 3.43. The van der Waals surface area contributed by atoms with Gasteiger partial charge in [-0.25, -0.2) is 0 Å². The normalized spacial score (nSPS) is 28.0. The summed E-state index contributed by atoms with van der Waals surface area (Å²) in [5.74, 6) is -0.665. The number of halogens is 1. The molecule has 5 atom stereocenters. The number of rotatable bonds is 5. The Morgan fingerprint density at radius 1 is 0.967 bits per heavy atom. The number of benzene rings is 2. The van der Waals surface area contributed by atoms with Crippen molar-refractivity contribution in [1.82, 2.24) is 4.90 Å². The van der Waals surface area contributed by atoms with Gasteiger partial charge in [0.25, 0.3) is 0 Å². The lowest BCUT2D eigenvalue weighted by molar-refractivity contribution is -0.147. The summed E-state index contributed by atoms with van der Waals surface area (Å²) in [4.78, 5) is 41.3. The number of amides is 3. The third-order valence-corrected chi connectivity index (χ3v) is 7.31. The molecule has 6 heteroatoms. The predicted molar refractivity (Wildman–Crippen MR) is 114 cm³/mol. The van der Waals surface area contributed by atoms with Gasteiger partial charge in [-0.05, 0) is 48.8 Å². The minimum absolute atomic E-state index is 0.174. The number of hydrogen-bond acceptors (Lipinski definition) is 3. The van der Waals surface area contributed by atoms with Gasteiger partial charge in [-0.3, -0.25) is 19.3 Å². The SMILES string of the molecule is O=C(Nc1ccccc1Cl)[C@H](Cc1ccccc1)N1C(=O)[C@H]2[C@@H]3CC[C@H](C3)[C@@H]2C1=O. The van der Waals surface area contributed by atoms with Crippen molar-refractivity contribution in [3.05, 3.63) is 65.2 Å². The van der Waals surface area contributed by atoms with Crippen LogP contribution in [0.5, 0.6) is 0 Å². The lowest BCUT2D eigenvalue weighted by Crippen LogP contribution is -2.49. The molecule has 2 aromatic rings. The van der Waals surface area contributed by atoms with E-state index in [1.165, 1.54) is 4.90 Å². The summed E-state index contributed by atoms with van der Waals surface area (Å²) in [7, 11) is 0. The summed E-state index contributed by atoms with van der Waals surface area (Å²) in [5.41, 5.74) is 1.37. The van der Waals surface area contributed by atoms with E-state index in [4.69, 9.17) is 11.6 Å². The largest absolute Gasteiger partial charge is 0.323 e. The fourth-order valence-electron chi connectivity index (χ4n) is 5.66.